The van der Waals surface area contributed by atoms with E-state index in [0.717, 1.165) is 12.2 Å². The number of aliphatic hydroxyl groups is 1. The predicted molar refractivity (Wildman–Crippen MR) is 85.3 cm³/mol. The maximum absolute atomic E-state index is 13.8. The molecule has 1 fully saturated rings. The van der Waals surface area contributed by atoms with Gasteiger partial charge in [-0.15, -0.1) is 0 Å². The summed E-state index contributed by atoms with van der Waals surface area (Å²) in [4.78, 5) is 2.32. The number of hydrogen-bond acceptors (Lipinski definition) is 3. The van der Waals surface area contributed by atoms with Crippen LogP contribution in [-0.2, 0) is 6.54 Å². The normalized spacial score (nSPS) is 16.0. The van der Waals surface area contributed by atoms with Crippen LogP contribution < -0.4 is 4.90 Å². The molecule has 0 aliphatic heterocycles. The van der Waals surface area contributed by atoms with Crippen LogP contribution in [0.4, 0.5) is 10.1 Å². The van der Waals surface area contributed by atoms with Gasteiger partial charge in [-0.2, -0.15) is 11.3 Å². The SMILES string of the molecule is Cc1cc(N(Cc2ccsc2)C2CC2)c([C@@H](C)O)cc1F. The second-order valence-electron chi connectivity index (χ2n) is 5.83. The van der Waals surface area contributed by atoms with Crippen molar-refractivity contribution in [3.63, 3.8) is 0 Å². The molecule has 1 aliphatic rings. The first kappa shape index (κ1) is 14.5. The molecule has 2 nitrogen and oxygen atoms in total. The second kappa shape index (κ2) is 5.78. The molecule has 1 aromatic carbocycles. The van der Waals surface area contributed by atoms with Crippen molar-refractivity contribution in [1.29, 1.82) is 0 Å². The summed E-state index contributed by atoms with van der Waals surface area (Å²) in [5, 5.41) is 14.2. The third-order valence-electron chi connectivity index (χ3n) is 3.99. The molecule has 112 valence electrons. The largest absolute Gasteiger partial charge is 0.389 e. The van der Waals surface area contributed by atoms with Crippen molar-refractivity contribution in [1.82, 2.24) is 0 Å². The fraction of sp³-hybridized carbons (Fsp3) is 0.412. The third kappa shape index (κ3) is 3.11. The van der Waals surface area contributed by atoms with Gasteiger partial charge in [-0.3, -0.25) is 0 Å². The van der Waals surface area contributed by atoms with E-state index in [1.165, 1.54) is 24.5 Å². The molecule has 1 heterocycles. The van der Waals surface area contributed by atoms with Crippen LogP contribution in [0.3, 0.4) is 0 Å². The van der Waals surface area contributed by atoms with Crippen molar-refractivity contribution < 1.29 is 9.50 Å². The van der Waals surface area contributed by atoms with Gasteiger partial charge in [0.2, 0.25) is 0 Å². The maximum atomic E-state index is 13.8. The van der Waals surface area contributed by atoms with Crippen LogP contribution in [0.5, 0.6) is 0 Å². The minimum Gasteiger partial charge on any atom is -0.389 e. The Kier molecular flexibility index (Phi) is 4.00. The highest BCUT2D eigenvalue weighted by atomic mass is 32.1. The van der Waals surface area contributed by atoms with Gasteiger partial charge in [0.05, 0.1) is 6.10 Å². The highest BCUT2D eigenvalue weighted by Gasteiger charge is 2.31. The van der Waals surface area contributed by atoms with E-state index in [1.54, 1.807) is 25.2 Å². The molecule has 1 atom stereocenters. The van der Waals surface area contributed by atoms with Gasteiger partial charge in [0.25, 0.3) is 0 Å². The standard InChI is InChI=1S/C17H20FNOS/c1-11-7-17(15(12(2)20)8-16(11)18)19(14-3-4-14)9-13-5-6-21-10-13/h5-8,10,12,14,20H,3-4,9H2,1-2H3/t12-/m1/s1. The minimum atomic E-state index is -0.668. The Morgan fingerprint density at radius 1 is 1.43 bits per heavy atom. The van der Waals surface area contributed by atoms with Crippen LogP contribution in [0, 0.1) is 12.7 Å². The third-order valence-corrected chi connectivity index (χ3v) is 4.72. The monoisotopic (exact) mass is 305 g/mol. The second-order valence-corrected chi connectivity index (χ2v) is 6.61. The fourth-order valence-electron chi connectivity index (χ4n) is 2.64. The molecule has 0 bridgehead atoms. The zero-order valence-electron chi connectivity index (χ0n) is 12.3. The van der Waals surface area contributed by atoms with Gasteiger partial charge in [0.15, 0.2) is 0 Å². The molecule has 0 spiro atoms. The Bertz CT molecular complexity index is 620. The number of aryl methyl sites for hydroxylation is 1. The lowest BCUT2D eigenvalue weighted by molar-refractivity contribution is 0.199. The highest BCUT2D eigenvalue weighted by Crippen LogP contribution is 2.38. The number of halogens is 1. The molecular formula is C17H20FNOS. The number of rotatable bonds is 5. The summed E-state index contributed by atoms with van der Waals surface area (Å²) in [6.07, 6.45) is 1.67. The van der Waals surface area contributed by atoms with E-state index >= 15 is 0 Å². The molecule has 1 N–H and O–H groups in total. The van der Waals surface area contributed by atoms with E-state index in [4.69, 9.17) is 0 Å². The quantitative estimate of drug-likeness (QED) is 0.884. The van der Waals surface area contributed by atoms with Crippen LogP contribution in [0.15, 0.2) is 29.0 Å². The molecule has 1 aromatic heterocycles. The molecule has 21 heavy (non-hydrogen) atoms. The van der Waals surface area contributed by atoms with Crippen molar-refractivity contribution in [2.24, 2.45) is 0 Å². The van der Waals surface area contributed by atoms with Gasteiger partial charge in [-0.05, 0) is 66.8 Å². The summed E-state index contributed by atoms with van der Waals surface area (Å²) in [5.74, 6) is -0.249. The average molecular weight is 305 g/mol. The van der Waals surface area contributed by atoms with E-state index in [0.29, 0.717) is 17.2 Å². The number of hydrogen-bond donors (Lipinski definition) is 1. The fourth-order valence-corrected chi connectivity index (χ4v) is 3.30. The predicted octanol–water partition coefficient (Wildman–Crippen LogP) is 4.42. The lowest BCUT2D eigenvalue weighted by Gasteiger charge is -2.28. The Morgan fingerprint density at radius 2 is 2.19 bits per heavy atom. The molecule has 4 heteroatoms. The van der Waals surface area contributed by atoms with E-state index in [-0.39, 0.29) is 5.82 Å². The Morgan fingerprint density at radius 3 is 2.76 bits per heavy atom. The van der Waals surface area contributed by atoms with E-state index in [9.17, 15) is 9.50 Å². The van der Waals surface area contributed by atoms with Crippen LogP contribution in [0.2, 0.25) is 0 Å². The van der Waals surface area contributed by atoms with Crippen molar-refractivity contribution >= 4 is 17.0 Å². The molecule has 2 aromatic rings. The average Bonchev–Trinajstić information content (AvgIpc) is 3.15. The molecular weight excluding hydrogens is 285 g/mol. The number of thiophene rings is 1. The van der Waals surface area contributed by atoms with Crippen LogP contribution in [0.1, 0.15) is 42.6 Å². The molecule has 1 aliphatic carbocycles. The molecule has 1 saturated carbocycles. The summed E-state index contributed by atoms with van der Waals surface area (Å²) in [6.45, 7) is 4.29. The van der Waals surface area contributed by atoms with Gasteiger partial charge in [0, 0.05) is 23.8 Å². The summed E-state index contributed by atoms with van der Waals surface area (Å²) in [5.41, 5.74) is 3.55. The maximum Gasteiger partial charge on any atom is 0.126 e. The van der Waals surface area contributed by atoms with Gasteiger partial charge in [-0.1, -0.05) is 0 Å². The van der Waals surface area contributed by atoms with Gasteiger partial charge in [0.1, 0.15) is 5.82 Å². The topological polar surface area (TPSA) is 23.5 Å². The lowest BCUT2D eigenvalue weighted by atomic mass is 10.0. The molecule has 0 amide bonds. The number of benzene rings is 1. The van der Waals surface area contributed by atoms with Crippen molar-refractivity contribution in [3.05, 3.63) is 51.5 Å². The minimum absolute atomic E-state index is 0.249. The number of anilines is 1. The summed E-state index contributed by atoms with van der Waals surface area (Å²) < 4.78 is 13.8. The molecule has 0 radical (unpaired) electrons. The van der Waals surface area contributed by atoms with Crippen molar-refractivity contribution in [2.75, 3.05) is 4.90 Å². The Labute approximate surface area is 128 Å². The van der Waals surface area contributed by atoms with E-state index in [2.05, 4.69) is 21.7 Å². The smallest absolute Gasteiger partial charge is 0.126 e. The first-order chi connectivity index (χ1) is 10.1. The lowest BCUT2D eigenvalue weighted by Crippen LogP contribution is -2.26. The van der Waals surface area contributed by atoms with Crippen LogP contribution in [0.25, 0.3) is 0 Å². The van der Waals surface area contributed by atoms with Gasteiger partial charge in [-0.25, -0.2) is 4.39 Å². The molecule has 0 saturated heterocycles. The van der Waals surface area contributed by atoms with Crippen molar-refractivity contribution in [2.45, 2.75) is 45.4 Å². The van der Waals surface area contributed by atoms with Gasteiger partial charge >= 0.3 is 0 Å². The van der Waals surface area contributed by atoms with E-state index < -0.39 is 6.10 Å². The van der Waals surface area contributed by atoms with Crippen molar-refractivity contribution in [3.8, 4) is 0 Å². The number of aliphatic hydroxyl groups excluding tert-OH is 1. The molecule has 0 unspecified atom stereocenters. The summed E-state index contributed by atoms with van der Waals surface area (Å²) >= 11 is 1.69. The Balaban J connectivity index is 2.00. The molecule has 3 rings (SSSR count). The number of nitrogens with zero attached hydrogens (tertiary/aromatic N) is 1. The summed E-state index contributed by atoms with van der Waals surface area (Å²) in [6, 6.07) is 5.99. The van der Waals surface area contributed by atoms with Crippen LogP contribution >= 0.6 is 11.3 Å². The Hall–Kier alpha value is -1.39. The highest BCUT2D eigenvalue weighted by molar-refractivity contribution is 7.07. The first-order valence-electron chi connectivity index (χ1n) is 7.32. The van der Waals surface area contributed by atoms with E-state index in [1.807, 2.05) is 6.07 Å². The van der Waals surface area contributed by atoms with Crippen LogP contribution in [-0.4, -0.2) is 11.1 Å². The van der Waals surface area contributed by atoms with Gasteiger partial charge < -0.3 is 10.0 Å². The zero-order chi connectivity index (χ0) is 15.0. The zero-order valence-corrected chi connectivity index (χ0v) is 13.2. The summed E-state index contributed by atoms with van der Waals surface area (Å²) in [7, 11) is 0. The first-order valence-corrected chi connectivity index (χ1v) is 8.26.